The van der Waals surface area contributed by atoms with Crippen LogP contribution in [0.5, 0.6) is 0 Å². The van der Waals surface area contributed by atoms with Gasteiger partial charge in [0.15, 0.2) is 0 Å². The summed E-state index contributed by atoms with van der Waals surface area (Å²) in [5.74, 6) is 0. The van der Waals surface area contributed by atoms with E-state index in [2.05, 4.69) is 22.6 Å². The average molecular weight is 413 g/mol. The van der Waals surface area contributed by atoms with Crippen molar-refractivity contribution in [2.24, 2.45) is 0 Å². The summed E-state index contributed by atoms with van der Waals surface area (Å²) in [5.41, 5.74) is 0. The molecule has 0 amide bonds. The molecular formula is C8H15I2O3-. The van der Waals surface area contributed by atoms with Crippen LogP contribution in [-0.2, 0) is 9.47 Å². The predicted octanol–water partition coefficient (Wildman–Crippen LogP) is -2.37. The first-order valence-corrected chi connectivity index (χ1v) is 8.64. The van der Waals surface area contributed by atoms with Crippen molar-refractivity contribution in [2.45, 2.75) is 16.6 Å². The molecule has 0 aromatic rings. The molecule has 1 saturated heterocycles. The van der Waals surface area contributed by atoms with E-state index in [1.54, 1.807) is 0 Å². The van der Waals surface area contributed by atoms with Crippen molar-refractivity contribution in [3.05, 3.63) is 0 Å². The van der Waals surface area contributed by atoms with Crippen molar-refractivity contribution in [2.75, 3.05) is 28.7 Å². The maximum absolute atomic E-state index is 8.69. The molecule has 0 radical (unpaired) electrons. The van der Waals surface area contributed by atoms with Crippen LogP contribution in [0, 0.1) is 0 Å². The van der Waals surface area contributed by atoms with Gasteiger partial charge < -0.3 is 0 Å². The van der Waals surface area contributed by atoms with Gasteiger partial charge in [-0.1, -0.05) is 0 Å². The Bertz CT molecular complexity index is 129. The van der Waals surface area contributed by atoms with Gasteiger partial charge in [-0.2, -0.15) is 0 Å². The molecule has 0 aromatic heterocycles. The Morgan fingerprint density at radius 1 is 1.69 bits per heavy atom. The fourth-order valence-electron chi connectivity index (χ4n) is 0.969. The van der Waals surface area contributed by atoms with Gasteiger partial charge in [0.05, 0.1) is 0 Å². The first-order valence-electron chi connectivity index (χ1n) is 4.34. The predicted molar refractivity (Wildman–Crippen MR) is 54.9 cm³/mol. The van der Waals surface area contributed by atoms with E-state index in [1.807, 2.05) is 0 Å². The quantitative estimate of drug-likeness (QED) is 0.405. The van der Waals surface area contributed by atoms with E-state index in [1.165, 1.54) is 4.43 Å². The van der Waals surface area contributed by atoms with Gasteiger partial charge in [-0.05, 0) is 0 Å². The first kappa shape index (κ1) is 12.4. The molecule has 0 saturated carbocycles. The Balaban J connectivity index is 2.03. The van der Waals surface area contributed by atoms with E-state index in [4.69, 9.17) is 14.6 Å². The number of rotatable bonds is 5. The number of alkyl halides is 3. The third-order valence-electron chi connectivity index (χ3n) is 1.65. The molecule has 0 spiro atoms. The maximum atomic E-state index is 8.69. The summed E-state index contributed by atoms with van der Waals surface area (Å²) in [5, 5.41) is 8.69. The van der Waals surface area contributed by atoms with Crippen molar-refractivity contribution in [3.8, 4) is 0 Å². The van der Waals surface area contributed by atoms with Crippen LogP contribution in [0.25, 0.3) is 0 Å². The van der Waals surface area contributed by atoms with Crippen LogP contribution in [0.4, 0.5) is 0 Å². The molecule has 1 heterocycles. The summed E-state index contributed by atoms with van der Waals surface area (Å²) < 4.78 is 13.8. The fraction of sp³-hybridized carbons (Fsp3) is 1.00. The van der Waals surface area contributed by atoms with E-state index >= 15 is 0 Å². The normalized spacial score (nSPS) is 26.5. The van der Waals surface area contributed by atoms with E-state index in [0.29, 0.717) is 31.7 Å². The van der Waals surface area contributed by atoms with Crippen molar-refractivity contribution < 1.29 is 35.8 Å². The summed E-state index contributed by atoms with van der Waals surface area (Å²) in [7, 11) is 0. The Morgan fingerprint density at radius 3 is 3.15 bits per heavy atom. The van der Waals surface area contributed by atoms with Crippen LogP contribution < -0.4 is 21.2 Å². The van der Waals surface area contributed by atoms with Gasteiger partial charge in [-0.3, -0.25) is 0 Å². The number of halogens is 2. The van der Waals surface area contributed by atoms with Crippen molar-refractivity contribution >= 4 is 22.6 Å². The first-order chi connectivity index (χ1) is 6.33. The molecule has 1 rings (SSSR count). The number of ether oxygens (including phenoxy) is 2. The van der Waals surface area contributed by atoms with Crippen LogP contribution in [0.1, 0.15) is 6.42 Å². The summed E-state index contributed by atoms with van der Waals surface area (Å²) >= 11 is 2.64. The molecule has 13 heavy (non-hydrogen) atoms. The summed E-state index contributed by atoms with van der Waals surface area (Å²) in [6.07, 6.45) is 0.861. The minimum absolute atomic E-state index is 0.0532. The molecule has 80 valence electrons. The zero-order chi connectivity index (χ0) is 9.52. The standard InChI is InChI=1S/C8H15I2O3/c9-7(1-3-11)6-13-8-5-10-2-4-12-8/h7-8,11H,1-6H2/q-1. The molecule has 1 N–H and O–H groups in total. The molecule has 5 heteroatoms. The van der Waals surface area contributed by atoms with Gasteiger partial charge >= 0.3 is 104 Å². The van der Waals surface area contributed by atoms with Gasteiger partial charge in [0, 0.05) is 0 Å². The molecule has 0 aromatic carbocycles. The van der Waals surface area contributed by atoms with Crippen LogP contribution in [0.2, 0.25) is 0 Å². The van der Waals surface area contributed by atoms with E-state index in [9.17, 15) is 0 Å². The zero-order valence-electron chi connectivity index (χ0n) is 7.42. The van der Waals surface area contributed by atoms with Gasteiger partial charge in [0.25, 0.3) is 0 Å². The summed E-state index contributed by atoms with van der Waals surface area (Å²) in [4.78, 5) is 0. The van der Waals surface area contributed by atoms with Gasteiger partial charge in [-0.25, -0.2) is 0 Å². The molecule has 0 aliphatic carbocycles. The Morgan fingerprint density at radius 2 is 2.54 bits per heavy atom. The summed E-state index contributed by atoms with van der Waals surface area (Å²) in [6.45, 7) is 1.83. The molecule has 1 aliphatic rings. The second-order valence-electron chi connectivity index (χ2n) is 2.78. The van der Waals surface area contributed by atoms with Gasteiger partial charge in [0.2, 0.25) is 0 Å². The Kier molecular flexibility index (Phi) is 7.26. The van der Waals surface area contributed by atoms with Crippen LogP contribution >= 0.6 is 22.6 Å². The zero-order valence-corrected chi connectivity index (χ0v) is 11.7. The number of hydrogen-bond donors (Lipinski definition) is 1. The molecular weight excluding hydrogens is 398 g/mol. The Labute approximate surface area is 103 Å². The van der Waals surface area contributed by atoms with Crippen LogP contribution in [0.15, 0.2) is 0 Å². The van der Waals surface area contributed by atoms with Crippen molar-refractivity contribution in [3.63, 3.8) is 0 Å². The molecule has 2 atom stereocenters. The topological polar surface area (TPSA) is 38.7 Å². The molecule has 0 bridgehead atoms. The second kappa shape index (κ2) is 7.61. The SMILES string of the molecule is OCCC(I)COC1C[I-]CCO1. The minimum atomic E-state index is 0.0532. The van der Waals surface area contributed by atoms with Crippen molar-refractivity contribution in [1.82, 2.24) is 0 Å². The third kappa shape index (κ3) is 5.71. The second-order valence-corrected chi connectivity index (χ2v) is 7.58. The van der Waals surface area contributed by atoms with Crippen LogP contribution in [0.3, 0.4) is 0 Å². The van der Waals surface area contributed by atoms with E-state index in [-0.39, 0.29) is 12.9 Å². The van der Waals surface area contributed by atoms with Gasteiger partial charge in [-0.15, -0.1) is 0 Å². The summed E-state index contributed by atoms with van der Waals surface area (Å²) in [6, 6.07) is 0. The monoisotopic (exact) mass is 413 g/mol. The van der Waals surface area contributed by atoms with E-state index < -0.39 is 0 Å². The molecule has 3 nitrogen and oxygen atoms in total. The molecule has 1 fully saturated rings. The average Bonchev–Trinajstić information content (AvgIpc) is 2.17. The number of hydrogen-bond acceptors (Lipinski definition) is 3. The number of aliphatic hydroxyl groups is 1. The third-order valence-corrected chi connectivity index (χ3v) is 5.18. The van der Waals surface area contributed by atoms with E-state index in [0.717, 1.165) is 17.5 Å². The fourth-order valence-corrected chi connectivity index (χ4v) is 3.48. The van der Waals surface area contributed by atoms with Crippen molar-refractivity contribution in [1.29, 1.82) is 0 Å². The van der Waals surface area contributed by atoms with Gasteiger partial charge in [0.1, 0.15) is 0 Å². The van der Waals surface area contributed by atoms with Crippen LogP contribution in [-0.4, -0.2) is 44.0 Å². The molecule has 1 aliphatic heterocycles. The Hall–Kier alpha value is 1.34. The molecule has 2 unspecified atom stereocenters. The number of aliphatic hydroxyl groups excluding tert-OH is 1.